The number of ketones is 1. The van der Waals surface area contributed by atoms with E-state index in [9.17, 15) is 4.79 Å². The minimum Gasteiger partial charge on any atom is -0.299 e. The Morgan fingerprint density at radius 1 is 1.38 bits per heavy atom. The van der Waals surface area contributed by atoms with Crippen LogP contribution in [0, 0.1) is 0 Å². The molecule has 4 heteroatoms. The predicted molar refractivity (Wildman–Crippen MR) is 85.9 cm³/mol. The van der Waals surface area contributed by atoms with Crippen LogP contribution in [0.5, 0.6) is 0 Å². The third kappa shape index (κ3) is 2.77. The topological polar surface area (TPSA) is 34.9 Å². The molecular weight excluding hydrogens is 280 g/mol. The van der Waals surface area contributed by atoms with Gasteiger partial charge in [-0.05, 0) is 31.0 Å². The van der Waals surface area contributed by atoms with Crippen molar-refractivity contribution in [2.24, 2.45) is 0 Å². The van der Waals surface area contributed by atoms with Crippen molar-refractivity contribution < 1.29 is 4.79 Å². The third-order valence-corrected chi connectivity index (χ3v) is 5.20. The van der Waals surface area contributed by atoms with Crippen molar-refractivity contribution in [3.63, 3.8) is 0 Å². The second-order valence-electron chi connectivity index (χ2n) is 5.34. The fourth-order valence-electron chi connectivity index (χ4n) is 2.83. The monoisotopic (exact) mass is 300 g/mol. The fraction of sp³-hybridized carbons (Fsp3) is 0.412. The van der Waals surface area contributed by atoms with Gasteiger partial charge in [0.05, 0.1) is 11.6 Å². The van der Waals surface area contributed by atoms with Crippen LogP contribution in [0.2, 0.25) is 0 Å². The van der Waals surface area contributed by atoms with Crippen LogP contribution in [0.15, 0.2) is 35.2 Å². The molecule has 21 heavy (non-hydrogen) atoms. The van der Waals surface area contributed by atoms with Gasteiger partial charge in [0.15, 0.2) is 0 Å². The van der Waals surface area contributed by atoms with Crippen molar-refractivity contribution in [1.29, 1.82) is 0 Å². The first-order valence-electron chi connectivity index (χ1n) is 7.53. The van der Waals surface area contributed by atoms with E-state index in [-0.39, 0.29) is 5.92 Å². The lowest BCUT2D eigenvalue weighted by molar-refractivity contribution is -0.119. The predicted octanol–water partition coefficient (Wildman–Crippen LogP) is 3.47. The summed E-state index contributed by atoms with van der Waals surface area (Å²) in [6, 6.07) is 10.3. The molecule has 0 bridgehead atoms. The van der Waals surface area contributed by atoms with Gasteiger partial charge in [0.2, 0.25) is 0 Å². The fourth-order valence-corrected chi connectivity index (χ4v) is 4.10. The summed E-state index contributed by atoms with van der Waals surface area (Å²) in [7, 11) is 0. The highest BCUT2D eigenvalue weighted by Gasteiger charge is 2.29. The van der Waals surface area contributed by atoms with Gasteiger partial charge in [0, 0.05) is 29.3 Å². The van der Waals surface area contributed by atoms with E-state index in [1.807, 2.05) is 16.8 Å². The van der Waals surface area contributed by atoms with Crippen molar-refractivity contribution >= 4 is 17.5 Å². The Hall–Kier alpha value is -1.55. The number of aromatic nitrogens is 2. The number of Topliss-reactive ketones (excluding diaryl/α,β-unsaturated/α-hetero) is 1. The Balaban J connectivity index is 1.80. The van der Waals surface area contributed by atoms with Crippen LogP contribution in [0.4, 0.5) is 0 Å². The average molecular weight is 300 g/mol. The summed E-state index contributed by atoms with van der Waals surface area (Å²) in [5, 5.41) is 4.53. The number of benzene rings is 1. The second-order valence-corrected chi connectivity index (χ2v) is 6.40. The van der Waals surface area contributed by atoms with Crippen molar-refractivity contribution in [3.8, 4) is 0 Å². The van der Waals surface area contributed by atoms with E-state index in [0.29, 0.717) is 12.2 Å². The lowest BCUT2D eigenvalue weighted by Gasteiger charge is -2.10. The Kier molecular flexibility index (Phi) is 4.15. The second kappa shape index (κ2) is 6.06. The van der Waals surface area contributed by atoms with Gasteiger partial charge < -0.3 is 0 Å². The molecule has 0 radical (unpaired) electrons. The van der Waals surface area contributed by atoms with E-state index in [4.69, 9.17) is 0 Å². The Labute approximate surface area is 129 Å². The highest BCUT2D eigenvalue weighted by molar-refractivity contribution is 7.99. The highest BCUT2D eigenvalue weighted by Crippen LogP contribution is 2.40. The molecule has 0 aliphatic carbocycles. The minimum atomic E-state index is 0.0384. The molecule has 0 fully saturated rings. The summed E-state index contributed by atoms with van der Waals surface area (Å²) in [5.74, 6) is 1.22. The molecule has 1 atom stereocenters. The van der Waals surface area contributed by atoms with Gasteiger partial charge in [-0.1, -0.05) is 25.1 Å². The zero-order valence-electron chi connectivity index (χ0n) is 12.5. The van der Waals surface area contributed by atoms with Crippen LogP contribution in [-0.4, -0.2) is 21.3 Å². The highest BCUT2D eigenvalue weighted by atomic mass is 32.2. The number of fused-ring (bicyclic) bond motifs is 1. The maximum absolute atomic E-state index is 12.7. The van der Waals surface area contributed by atoms with Crippen LogP contribution in [0.25, 0.3) is 0 Å². The van der Waals surface area contributed by atoms with Crippen LogP contribution >= 0.6 is 11.8 Å². The van der Waals surface area contributed by atoms with Crippen molar-refractivity contribution in [3.05, 3.63) is 47.3 Å². The van der Waals surface area contributed by atoms with Gasteiger partial charge in [-0.2, -0.15) is 5.10 Å². The molecule has 0 N–H and O–H groups in total. The normalized spacial score (nSPS) is 17.0. The summed E-state index contributed by atoms with van der Waals surface area (Å²) in [4.78, 5) is 13.9. The summed E-state index contributed by atoms with van der Waals surface area (Å²) in [6.07, 6.45) is 1.40. The van der Waals surface area contributed by atoms with Crippen LogP contribution in [0.3, 0.4) is 0 Å². The molecule has 1 aliphatic heterocycles. The van der Waals surface area contributed by atoms with E-state index in [1.54, 1.807) is 11.8 Å². The van der Waals surface area contributed by atoms with Crippen LogP contribution < -0.4 is 0 Å². The van der Waals surface area contributed by atoms with Gasteiger partial charge in [-0.3, -0.25) is 9.48 Å². The molecule has 1 aromatic carbocycles. The minimum absolute atomic E-state index is 0.0384. The molecule has 0 saturated heterocycles. The van der Waals surface area contributed by atoms with Crippen molar-refractivity contribution in [2.75, 3.05) is 5.75 Å². The Morgan fingerprint density at radius 3 is 2.95 bits per heavy atom. The largest absolute Gasteiger partial charge is 0.299 e. The number of aryl methyl sites for hydroxylation is 2. The lowest BCUT2D eigenvalue weighted by atomic mass is 9.94. The molecule has 0 amide bonds. The quantitative estimate of drug-likeness (QED) is 0.848. The summed E-state index contributed by atoms with van der Waals surface area (Å²) >= 11 is 1.79. The first-order valence-corrected chi connectivity index (χ1v) is 8.51. The van der Waals surface area contributed by atoms with E-state index in [0.717, 1.165) is 30.1 Å². The molecular formula is C17H20N2OS. The number of carbonyl (C=O) groups is 1. The van der Waals surface area contributed by atoms with Crippen molar-refractivity contribution in [2.45, 2.75) is 44.0 Å². The molecule has 0 spiro atoms. The van der Waals surface area contributed by atoms with Gasteiger partial charge in [-0.25, -0.2) is 0 Å². The summed E-state index contributed by atoms with van der Waals surface area (Å²) < 4.78 is 1.96. The summed E-state index contributed by atoms with van der Waals surface area (Å²) in [5.41, 5.74) is 3.32. The SMILES string of the molecule is CCc1cc(CC(=O)C2CSc3ccccc32)n(CC)n1. The zero-order chi connectivity index (χ0) is 14.8. The molecule has 1 aliphatic rings. The van der Waals surface area contributed by atoms with E-state index >= 15 is 0 Å². The van der Waals surface area contributed by atoms with Crippen molar-refractivity contribution in [1.82, 2.24) is 9.78 Å². The third-order valence-electron chi connectivity index (χ3n) is 4.02. The van der Waals surface area contributed by atoms with Crippen LogP contribution in [0.1, 0.15) is 36.7 Å². The number of rotatable bonds is 5. The molecule has 1 unspecified atom stereocenters. The van der Waals surface area contributed by atoms with E-state index < -0.39 is 0 Å². The number of hydrogen-bond donors (Lipinski definition) is 0. The number of thioether (sulfide) groups is 1. The lowest BCUT2D eigenvalue weighted by Crippen LogP contribution is -2.17. The smallest absolute Gasteiger partial charge is 0.147 e. The number of carbonyl (C=O) groups excluding carboxylic acids is 1. The maximum atomic E-state index is 12.7. The molecule has 0 saturated carbocycles. The molecule has 2 aromatic rings. The Bertz CT molecular complexity index is 663. The zero-order valence-corrected chi connectivity index (χ0v) is 13.3. The van der Waals surface area contributed by atoms with Gasteiger partial charge in [0.25, 0.3) is 0 Å². The average Bonchev–Trinajstić information content (AvgIpc) is 3.10. The van der Waals surface area contributed by atoms with E-state index in [2.05, 4.69) is 37.1 Å². The first kappa shape index (κ1) is 14.4. The van der Waals surface area contributed by atoms with Gasteiger partial charge in [0.1, 0.15) is 5.78 Å². The van der Waals surface area contributed by atoms with Gasteiger partial charge >= 0.3 is 0 Å². The molecule has 1 aromatic heterocycles. The first-order chi connectivity index (χ1) is 10.2. The number of hydrogen-bond acceptors (Lipinski definition) is 3. The molecule has 3 nitrogen and oxygen atoms in total. The standard InChI is InChI=1S/C17H20N2OS/c1-3-12-9-13(19(4-2)18-12)10-16(20)15-11-21-17-8-6-5-7-14(15)17/h5-9,15H,3-4,10-11H2,1-2H3. The maximum Gasteiger partial charge on any atom is 0.147 e. The van der Waals surface area contributed by atoms with Crippen LogP contribution in [-0.2, 0) is 24.2 Å². The van der Waals surface area contributed by atoms with Gasteiger partial charge in [-0.15, -0.1) is 11.8 Å². The Morgan fingerprint density at radius 2 is 2.19 bits per heavy atom. The molecule has 2 heterocycles. The molecule has 3 rings (SSSR count). The molecule has 110 valence electrons. The summed E-state index contributed by atoms with van der Waals surface area (Å²) in [6.45, 7) is 4.98. The van der Waals surface area contributed by atoms with E-state index in [1.165, 1.54) is 10.5 Å². The number of nitrogens with zero attached hydrogens (tertiary/aromatic N) is 2.